The standard InChI is InChI=1S/C28H22N2O2/c29-27-16-15-19(20-9-1-6-14-25(20)27)8-7-17-30-28(31)32-18-26-23-12-4-2-10-21(23)22-11-3-5-13-24(22)26/h1-6,9-16,26H,17-18,29H2,(H,30,31). The highest BCUT2D eigenvalue weighted by atomic mass is 16.5. The quantitative estimate of drug-likeness (QED) is 0.350. The van der Waals surface area contributed by atoms with E-state index in [2.05, 4.69) is 41.4 Å². The van der Waals surface area contributed by atoms with Crippen LogP contribution in [-0.4, -0.2) is 19.2 Å². The first kappa shape index (κ1) is 19.7. The molecule has 0 unspecified atom stereocenters. The molecule has 32 heavy (non-hydrogen) atoms. The number of carbonyl (C=O) groups is 1. The molecule has 0 bridgehead atoms. The first-order valence-corrected chi connectivity index (χ1v) is 10.6. The molecule has 0 aliphatic heterocycles. The van der Waals surface area contributed by atoms with Crippen LogP contribution in [0.4, 0.5) is 10.5 Å². The van der Waals surface area contributed by atoms with Crippen LogP contribution in [0.15, 0.2) is 84.9 Å². The van der Waals surface area contributed by atoms with Crippen LogP contribution in [0.5, 0.6) is 0 Å². The lowest BCUT2D eigenvalue weighted by Gasteiger charge is -2.14. The smallest absolute Gasteiger partial charge is 0.407 e. The third kappa shape index (κ3) is 3.66. The number of nitrogens with one attached hydrogen (secondary N) is 1. The van der Waals surface area contributed by atoms with Gasteiger partial charge in [-0.3, -0.25) is 0 Å². The molecule has 0 atom stereocenters. The van der Waals surface area contributed by atoms with Gasteiger partial charge in [0.1, 0.15) is 6.61 Å². The third-order valence-electron chi connectivity index (χ3n) is 5.85. The number of fused-ring (bicyclic) bond motifs is 4. The van der Waals surface area contributed by atoms with E-state index < -0.39 is 6.09 Å². The zero-order valence-electron chi connectivity index (χ0n) is 17.5. The number of carbonyl (C=O) groups excluding carboxylic acids is 1. The van der Waals surface area contributed by atoms with Crippen LogP contribution in [0.25, 0.3) is 21.9 Å². The van der Waals surface area contributed by atoms with Crippen molar-refractivity contribution in [2.24, 2.45) is 0 Å². The Balaban J connectivity index is 1.22. The number of rotatable bonds is 3. The van der Waals surface area contributed by atoms with Gasteiger partial charge in [0, 0.05) is 22.6 Å². The zero-order chi connectivity index (χ0) is 21.9. The Morgan fingerprint density at radius 3 is 2.19 bits per heavy atom. The van der Waals surface area contributed by atoms with Crippen molar-refractivity contribution in [2.75, 3.05) is 18.9 Å². The van der Waals surface area contributed by atoms with Crippen LogP contribution >= 0.6 is 0 Å². The lowest BCUT2D eigenvalue weighted by molar-refractivity contribution is 0.144. The maximum absolute atomic E-state index is 12.3. The van der Waals surface area contributed by atoms with Gasteiger partial charge in [0.25, 0.3) is 0 Å². The molecule has 5 rings (SSSR count). The summed E-state index contributed by atoms with van der Waals surface area (Å²) in [6.45, 7) is 0.491. The van der Waals surface area contributed by atoms with Gasteiger partial charge >= 0.3 is 6.09 Å². The van der Waals surface area contributed by atoms with Crippen LogP contribution in [-0.2, 0) is 4.74 Å². The predicted octanol–water partition coefficient (Wildman–Crippen LogP) is 5.31. The lowest BCUT2D eigenvalue weighted by atomic mass is 9.98. The van der Waals surface area contributed by atoms with Crippen molar-refractivity contribution >= 4 is 22.6 Å². The van der Waals surface area contributed by atoms with Crippen LogP contribution in [0, 0.1) is 11.8 Å². The molecule has 0 spiro atoms. The van der Waals surface area contributed by atoms with Crippen molar-refractivity contribution in [2.45, 2.75) is 5.92 Å². The topological polar surface area (TPSA) is 64.3 Å². The van der Waals surface area contributed by atoms with Crippen molar-refractivity contribution in [3.63, 3.8) is 0 Å². The first-order chi connectivity index (χ1) is 15.7. The fraction of sp³-hybridized carbons (Fsp3) is 0.107. The second-order valence-corrected chi connectivity index (χ2v) is 7.73. The summed E-state index contributed by atoms with van der Waals surface area (Å²) in [5.74, 6) is 6.16. The highest BCUT2D eigenvalue weighted by Crippen LogP contribution is 2.44. The molecule has 4 aromatic rings. The molecule has 0 heterocycles. The molecular formula is C28H22N2O2. The summed E-state index contributed by atoms with van der Waals surface area (Å²) < 4.78 is 5.54. The van der Waals surface area contributed by atoms with Crippen molar-refractivity contribution in [1.29, 1.82) is 0 Å². The molecule has 4 aromatic carbocycles. The normalized spacial score (nSPS) is 11.9. The van der Waals surface area contributed by atoms with E-state index in [9.17, 15) is 4.79 Å². The Bertz CT molecular complexity index is 1340. The molecule has 4 heteroatoms. The van der Waals surface area contributed by atoms with E-state index in [-0.39, 0.29) is 19.1 Å². The molecule has 156 valence electrons. The third-order valence-corrected chi connectivity index (χ3v) is 5.85. The number of hydrogen-bond acceptors (Lipinski definition) is 3. The van der Waals surface area contributed by atoms with Gasteiger partial charge in [-0.15, -0.1) is 0 Å². The number of nitrogens with two attached hydrogens (primary N) is 1. The monoisotopic (exact) mass is 418 g/mol. The largest absolute Gasteiger partial charge is 0.449 e. The Kier molecular flexibility index (Phi) is 5.23. The number of benzene rings is 4. The zero-order valence-corrected chi connectivity index (χ0v) is 17.5. The van der Waals surface area contributed by atoms with E-state index in [1.807, 2.05) is 60.7 Å². The molecule has 0 saturated carbocycles. The SMILES string of the molecule is Nc1ccc(C#CCNC(=O)OCC2c3ccccc3-c3ccccc32)c2ccccc12. The highest BCUT2D eigenvalue weighted by molar-refractivity contribution is 5.96. The average Bonchev–Trinajstić information content (AvgIpc) is 3.16. The second kappa shape index (κ2) is 8.49. The fourth-order valence-corrected chi connectivity index (χ4v) is 4.34. The molecule has 3 N–H and O–H groups in total. The minimum absolute atomic E-state index is 0.0420. The van der Waals surface area contributed by atoms with Crippen LogP contribution in [0.3, 0.4) is 0 Å². The molecule has 4 nitrogen and oxygen atoms in total. The van der Waals surface area contributed by atoms with Crippen molar-refractivity contribution in [1.82, 2.24) is 5.32 Å². The summed E-state index contributed by atoms with van der Waals surface area (Å²) in [4.78, 5) is 12.3. The maximum Gasteiger partial charge on any atom is 0.407 e. The summed E-state index contributed by atoms with van der Waals surface area (Å²) in [6.07, 6.45) is -0.469. The number of nitrogen functional groups attached to an aromatic ring is 1. The van der Waals surface area contributed by atoms with Gasteiger partial charge in [-0.2, -0.15) is 0 Å². The van der Waals surface area contributed by atoms with E-state index in [1.54, 1.807) is 0 Å². The molecule has 1 amide bonds. The summed E-state index contributed by atoms with van der Waals surface area (Å²) in [6, 6.07) is 28.2. The highest BCUT2D eigenvalue weighted by Gasteiger charge is 2.28. The Hall–Kier alpha value is -4.23. The average molecular weight is 418 g/mol. The summed E-state index contributed by atoms with van der Waals surface area (Å²) >= 11 is 0. The number of alkyl carbamates (subject to hydrolysis) is 1. The van der Waals surface area contributed by atoms with Crippen molar-refractivity contribution < 1.29 is 9.53 Å². The number of anilines is 1. The van der Waals surface area contributed by atoms with Gasteiger partial charge in [0.2, 0.25) is 0 Å². The number of hydrogen-bond donors (Lipinski definition) is 2. The van der Waals surface area contributed by atoms with Gasteiger partial charge in [0.05, 0.1) is 6.54 Å². The maximum atomic E-state index is 12.3. The van der Waals surface area contributed by atoms with Gasteiger partial charge < -0.3 is 15.8 Å². The summed E-state index contributed by atoms with van der Waals surface area (Å²) in [7, 11) is 0. The van der Waals surface area contributed by atoms with E-state index in [0.717, 1.165) is 22.0 Å². The van der Waals surface area contributed by atoms with E-state index >= 15 is 0 Å². The van der Waals surface area contributed by atoms with E-state index in [4.69, 9.17) is 10.5 Å². The summed E-state index contributed by atoms with van der Waals surface area (Å²) in [5.41, 5.74) is 12.4. The van der Waals surface area contributed by atoms with Gasteiger partial charge in [-0.05, 0) is 39.8 Å². The minimum Gasteiger partial charge on any atom is -0.449 e. The van der Waals surface area contributed by atoms with Crippen LogP contribution in [0.1, 0.15) is 22.6 Å². The van der Waals surface area contributed by atoms with Crippen molar-refractivity contribution in [3.05, 3.63) is 102 Å². The fourth-order valence-electron chi connectivity index (χ4n) is 4.34. The molecule has 1 aliphatic rings. The first-order valence-electron chi connectivity index (χ1n) is 10.6. The van der Waals surface area contributed by atoms with E-state index in [1.165, 1.54) is 22.3 Å². The molecule has 0 aromatic heterocycles. The molecule has 0 saturated heterocycles. The van der Waals surface area contributed by atoms with E-state index in [0.29, 0.717) is 0 Å². The number of amides is 1. The Labute approximate surface area is 187 Å². The van der Waals surface area contributed by atoms with Gasteiger partial charge in [-0.25, -0.2) is 4.79 Å². The second-order valence-electron chi connectivity index (χ2n) is 7.73. The molecule has 1 aliphatic carbocycles. The molecule has 0 fully saturated rings. The van der Waals surface area contributed by atoms with Crippen LogP contribution in [0.2, 0.25) is 0 Å². The van der Waals surface area contributed by atoms with Crippen molar-refractivity contribution in [3.8, 4) is 23.0 Å². The van der Waals surface area contributed by atoms with Crippen LogP contribution < -0.4 is 11.1 Å². The molecule has 0 radical (unpaired) electrons. The summed E-state index contributed by atoms with van der Waals surface area (Å²) in [5, 5.41) is 4.70. The van der Waals surface area contributed by atoms with Gasteiger partial charge in [0.15, 0.2) is 0 Å². The molecular weight excluding hydrogens is 396 g/mol. The Morgan fingerprint density at radius 2 is 1.47 bits per heavy atom. The van der Waals surface area contributed by atoms with Gasteiger partial charge in [-0.1, -0.05) is 84.6 Å². The number of ether oxygens (including phenoxy) is 1. The lowest BCUT2D eigenvalue weighted by Crippen LogP contribution is -2.26. The minimum atomic E-state index is -0.469. The Morgan fingerprint density at radius 1 is 0.844 bits per heavy atom. The predicted molar refractivity (Wildman–Crippen MR) is 128 cm³/mol.